The molecule has 3 saturated heterocycles. The Morgan fingerprint density at radius 1 is 1.15 bits per heavy atom. The molecule has 3 heterocycles. The van der Waals surface area contributed by atoms with Gasteiger partial charge in [-0.05, 0) is 19.1 Å². The van der Waals surface area contributed by atoms with Crippen LogP contribution in [0.4, 0.5) is 5.69 Å². The lowest BCUT2D eigenvalue weighted by molar-refractivity contribution is -0.188. The topological polar surface area (TPSA) is 76.2 Å². The molecule has 1 spiro atoms. The first-order valence-corrected chi connectivity index (χ1v) is 9.45. The molecule has 27 heavy (non-hydrogen) atoms. The lowest BCUT2D eigenvalue weighted by atomic mass is 10.0. The quantitative estimate of drug-likeness (QED) is 0.754. The van der Waals surface area contributed by atoms with Crippen LogP contribution in [0.25, 0.3) is 0 Å². The number of hydrogen-bond acceptors (Lipinski definition) is 5. The van der Waals surface area contributed by atoms with Crippen LogP contribution in [0.3, 0.4) is 0 Å². The number of rotatable bonds is 3. The van der Waals surface area contributed by atoms with Crippen molar-refractivity contribution in [1.82, 2.24) is 4.90 Å². The predicted molar refractivity (Wildman–Crippen MR) is 97.4 cm³/mol. The Morgan fingerprint density at radius 3 is 2.52 bits per heavy atom. The van der Waals surface area contributed by atoms with Gasteiger partial charge in [0.25, 0.3) is 0 Å². The van der Waals surface area contributed by atoms with Crippen molar-refractivity contribution in [3.63, 3.8) is 0 Å². The fourth-order valence-corrected chi connectivity index (χ4v) is 4.13. The van der Waals surface area contributed by atoms with Gasteiger partial charge in [0.15, 0.2) is 11.6 Å². The zero-order chi connectivity index (χ0) is 19.0. The first-order valence-electron chi connectivity index (χ1n) is 9.45. The summed E-state index contributed by atoms with van der Waals surface area (Å²) in [4.78, 5) is 40.4. The van der Waals surface area contributed by atoms with E-state index < -0.39 is 5.79 Å². The van der Waals surface area contributed by atoms with Gasteiger partial charge in [-0.1, -0.05) is 12.1 Å². The highest BCUT2D eigenvalue weighted by molar-refractivity contribution is 6.02. The molecule has 4 rings (SSSR count). The van der Waals surface area contributed by atoms with Crippen LogP contribution in [-0.4, -0.2) is 61.1 Å². The summed E-state index contributed by atoms with van der Waals surface area (Å²) in [5.74, 6) is -0.972. The summed E-state index contributed by atoms with van der Waals surface area (Å²) in [5, 5.41) is 0. The average molecular weight is 372 g/mol. The van der Waals surface area contributed by atoms with E-state index in [1.807, 2.05) is 4.90 Å². The largest absolute Gasteiger partial charge is 0.347 e. The Kier molecular flexibility index (Phi) is 4.74. The van der Waals surface area contributed by atoms with Crippen molar-refractivity contribution < 1.29 is 23.9 Å². The van der Waals surface area contributed by atoms with Crippen molar-refractivity contribution >= 4 is 23.3 Å². The molecule has 0 aromatic heterocycles. The second kappa shape index (κ2) is 7.05. The number of anilines is 1. The van der Waals surface area contributed by atoms with Gasteiger partial charge in [0.2, 0.25) is 11.8 Å². The molecule has 1 aromatic rings. The Balaban J connectivity index is 1.41. The molecule has 0 saturated carbocycles. The minimum Gasteiger partial charge on any atom is -0.347 e. The molecule has 1 atom stereocenters. The van der Waals surface area contributed by atoms with Gasteiger partial charge in [-0.15, -0.1) is 0 Å². The number of likely N-dealkylation sites (tertiary alicyclic amines) is 1. The Bertz CT molecular complexity index is 761. The van der Waals surface area contributed by atoms with Gasteiger partial charge in [-0.25, -0.2) is 0 Å². The third-order valence-corrected chi connectivity index (χ3v) is 5.69. The Labute approximate surface area is 158 Å². The van der Waals surface area contributed by atoms with Crippen LogP contribution in [0, 0.1) is 5.92 Å². The highest BCUT2D eigenvalue weighted by atomic mass is 16.7. The van der Waals surface area contributed by atoms with Gasteiger partial charge in [-0.2, -0.15) is 0 Å². The molecule has 0 N–H and O–H groups in total. The number of carbonyl (C=O) groups is 3. The van der Waals surface area contributed by atoms with E-state index in [2.05, 4.69) is 0 Å². The third-order valence-electron chi connectivity index (χ3n) is 5.69. The number of ether oxygens (including phenoxy) is 2. The maximum atomic E-state index is 12.9. The summed E-state index contributed by atoms with van der Waals surface area (Å²) in [7, 11) is 0. The number of hydrogen-bond donors (Lipinski definition) is 0. The molecule has 1 unspecified atom stereocenters. The lowest BCUT2D eigenvalue weighted by Gasteiger charge is -2.38. The maximum absolute atomic E-state index is 12.9. The number of carbonyl (C=O) groups excluding carboxylic acids is 3. The molecular weight excluding hydrogens is 348 g/mol. The molecule has 0 aliphatic carbocycles. The van der Waals surface area contributed by atoms with Crippen molar-refractivity contribution in [2.75, 3.05) is 37.7 Å². The van der Waals surface area contributed by atoms with Crippen LogP contribution in [0.5, 0.6) is 0 Å². The van der Waals surface area contributed by atoms with Crippen LogP contribution in [0.15, 0.2) is 24.3 Å². The number of piperidine rings is 1. The number of Topliss-reactive ketones (excluding diaryl/α,β-unsaturated/α-hetero) is 1. The number of benzene rings is 1. The Hall–Kier alpha value is -2.25. The fraction of sp³-hybridized carbons (Fsp3) is 0.550. The molecule has 0 radical (unpaired) electrons. The number of amides is 2. The highest BCUT2D eigenvalue weighted by Gasteiger charge is 2.43. The van der Waals surface area contributed by atoms with Crippen molar-refractivity contribution in [2.45, 2.75) is 32.0 Å². The molecule has 144 valence electrons. The summed E-state index contributed by atoms with van der Waals surface area (Å²) in [6.45, 7) is 4.25. The summed E-state index contributed by atoms with van der Waals surface area (Å²) >= 11 is 0. The summed E-state index contributed by atoms with van der Waals surface area (Å²) in [6.07, 6.45) is 1.55. The van der Waals surface area contributed by atoms with Crippen LogP contribution in [0.2, 0.25) is 0 Å². The van der Waals surface area contributed by atoms with E-state index in [1.54, 1.807) is 29.2 Å². The molecule has 2 amide bonds. The smallest absolute Gasteiger partial charge is 0.228 e. The van der Waals surface area contributed by atoms with E-state index in [4.69, 9.17) is 9.47 Å². The van der Waals surface area contributed by atoms with Crippen LogP contribution in [-0.2, 0) is 19.1 Å². The second-order valence-electron chi connectivity index (χ2n) is 7.44. The van der Waals surface area contributed by atoms with Crippen LogP contribution in [0.1, 0.15) is 36.5 Å². The van der Waals surface area contributed by atoms with Gasteiger partial charge < -0.3 is 19.3 Å². The van der Waals surface area contributed by atoms with Crippen molar-refractivity contribution in [2.24, 2.45) is 5.92 Å². The molecule has 3 aliphatic heterocycles. The van der Waals surface area contributed by atoms with Crippen molar-refractivity contribution in [1.29, 1.82) is 0 Å². The van der Waals surface area contributed by atoms with E-state index >= 15 is 0 Å². The molecule has 1 aromatic carbocycles. The molecule has 3 aliphatic rings. The highest BCUT2D eigenvalue weighted by Crippen LogP contribution is 2.33. The molecule has 7 nitrogen and oxygen atoms in total. The van der Waals surface area contributed by atoms with Gasteiger partial charge in [-0.3, -0.25) is 14.4 Å². The predicted octanol–water partition coefficient (Wildman–Crippen LogP) is 1.61. The van der Waals surface area contributed by atoms with E-state index in [-0.39, 0.29) is 29.9 Å². The van der Waals surface area contributed by atoms with Gasteiger partial charge in [0.05, 0.1) is 19.1 Å². The standard InChI is InChI=1S/C20H24N2O5/c1-14(23)15-3-2-4-17(11-15)22-13-16(12-18(22)24)19(25)21-7-5-20(6-8-21)26-9-10-27-20/h2-4,11,16H,5-10,12-13H2,1H3. The first-order chi connectivity index (χ1) is 13.0. The zero-order valence-corrected chi connectivity index (χ0v) is 15.5. The van der Waals surface area contributed by atoms with Crippen molar-refractivity contribution in [3.05, 3.63) is 29.8 Å². The van der Waals surface area contributed by atoms with E-state index in [1.165, 1.54) is 6.92 Å². The summed E-state index contributed by atoms with van der Waals surface area (Å²) < 4.78 is 11.4. The molecule has 7 heteroatoms. The normalized spacial score (nSPS) is 24.6. The summed E-state index contributed by atoms with van der Waals surface area (Å²) in [6, 6.07) is 7.01. The first kappa shape index (κ1) is 18.1. The SMILES string of the molecule is CC(=O)c1cccc(N2CC(C(=O)N3CCC4(CC3)OCCO4)CC2=O)c1. The van der Waals surface area contributed by atoms with E-state index in [0.717, 1.165) is 0 Å². The molecule has 0 bridgehead atoms. The van der Waals surface area contributed by atoms with E-state index in [9.17, 15) is 14.4 Å². The zero-order valence-electron chi connectivity index (χ0n) is 15.5. The summed E-state index contributed by atoms with van der Waals surface area (Å²) in [5.41, 5.74) is 1.24. The monoisotopic (exact) mass is 372 g/mol. The fourth-order valence-electron chi connectivity index (χ4n) is 4.13. The number of nitrogens with zero attached hydrogens (tertiary/aromatic N) is 2. The molecular formula is C20H24N2O5. The maximum Gasteiger partial charge on any atom is 0.228 e. The second-order valence-corrected chi connectivity index (χ2v) is 7.44. The average Bonchev–Trinajstić information content (AvgIpc) is 3.29. The minimum absolute atomic E-state index is 0.0152. The van der Waals surface area contributed by atoms with Crippen LogP contribution < -0.4 is 4.90 Å². The van der Waals surface area contributed by atoms with Crippen molar-refractivity contribution in [3.8, 4) is 0 Å². The van der Waals surface area contributed by atoms with E-state index in [0.29, 0.717) is 56.9 Å². The van der Waals surface area contributed by atoms with Crippen LogP contribution >= 0.6 is 0 Å². The van der Waals surface area contributed by atoms with Gasteiger partial charge in [0.1, 0.15) is 0 Å². The van der Waals surface area contributed by atoms with Gasteiger partial charge >= 0.3 is 0 Å². The Morgan fingerprint density at radius 2 is 1.85 bits per heavy atom. The number of ketones is 1. The third kappa shape index (κ3) is 3.49. The minimum atomic E-state index is -0.512. The van der Waals surface area contributed by atoms with Gasteiger partial charge in [0, 0.05) is 50.1 Å². The molecule has 3 fully saturated rings. The lowest BCUT2D eigenvalue weighted by Crippen LogP contribution is -2.49.